The zero-order valence-corrected chi connectivity index (χ0v) is 20.0. The Morgan fingerprint density at radius 1 is 0.912 bits per heavy atom. The molecule has 1 saturated heterocycles. The smallest absolute Gasteiger partial charge is 0.269 e. The van der Waals surface area contributed by atoms with Crippen LogP contribution in [0.25, 0.3) is 10.9 Å². The van der Waals surface area contributed by atoms with Crippen LogP contribution in [-0.2, 0) is 11.3 Å². The fourth-order valence-corrected chi connectivity index (χ4v) is 6.41. The summed E-state index contributed by atoms with van der Waals surface area (Å²) >= 11 is 3.08. The average molecular weight is 481 g/mol. The van der Waals surface area contributed by atoms with Crippen molar-refractivity contribution in [2.45, 2.75) is 11.4 Å². The van der Waals surface area contributed by atoms with Crippen molar-refractivity contribution in [1.82, 2.24) is 9.88 Å². The molecule has 0 unspecified atom stereocenters. The molecule has 7 heteroatoms. The monoisotopic (exact) mass is 480 g/mol. The number of rotatable bonds is 3. The number of para-hydroxylation sites is 1. The van der Waals surface area contributed by atoms with Crippen LogP contribution in [0, 0.1) is 0 Å². The number of thioether (sulfide) groups is 2. The van der Waals surface area contributed by atoms with Gasteiger partial charge < -0.3 is 4.90 Å². The number of amidine groups is 1. The average Bonchev–Trinajstić information content (AvgIpc) is 3.36. The fourth-order valence-electron chi connectivity index (χ4n) is 4.07. The predicted molar refractivity (Wildman–Crippen MR) is 141 cm³/mol. The Kier molecular flexibility index (Phi) is 5.36. The molecule has 3 heterocycles. The summed E-state index contributed by atoms with van der Waals surface area (Å²) in [7, 11) is 2.02. The number of pyridine rings is 1. The minimum absolute atomic E-state index is 0.0165. The molecule has 0 saturated carbocycles. The summed E-state index contributed by atoms with van der Waals surface area (Å²) in [6.07, 6.45) is 1.78. The van der Waals surface area contributed by atoms with Crippen molar-refractivity contribution in [3.63, 3.8) is 0 Å². The highest BCUT2D eigenvalue weighted by atomic mass is 32.2. The van der Waals surface area contributed by atoms with Crippen LogP contribution in [0.15, 0.2) is 111 Å². The molecule has 1 amide bonds. The summed E-state index contributed by atoms with van der Waals surface area (Å²) in [5.74, 6) is -0.0165. The van der Waals surface area contributed by atoms with Gasteiger partial charge in [-0.2, -0.15) is 0 Å². The summed E-state index contributed by atoms with van der Waals surface area (Å²) in [5, 5.41) is 2.65. The van der Waals surface area contributed by atoms with E-state index in [9.17, 15) is 4.79 Å². The summed E-state index contributed by atoms with van der Waals surface area (Å²) in [5.41, 5.74) is 3.90. The van der Waals surface area contributed by atoms with Crippen molar-refractivity contribution < 1.29 is 4.79 Å². The Morgan fingerprint density at radius 3 is 2.59 bits per heavy atom. The van der Waals surface area contributed by atoms with Gasteiger partial charge in [0.05, 0.1) is 28.5 Å². The first kappa shape index (κ1) is 21.0. The topological polar surface area (TPSA) is 48.8 Å². The van der Waals surface area contributed by atoms with E-state index in [1.54, 1.807) is 22.9 Å². The van der Waals surface area contributed by atoms with Crippen molar-refractivity contribution in [3.05, 3.63) is 107 Å². The van der Waals surface area contributed by atoms with E-state index in [1.165, 1.54) is 11.8 Å². The third-order valence-corrected chi connectivity index (χ3v) is 8.22. The Balaban J connectivity index is 1.42. The summed E-state index contributed by atoms with van der Waals surface area (Å²) in [6.45, 7) is 0.471. The van der Waals surface area contributed by atoms with Crippen molar-refractivity contribution in [1.29, 1.82) is 0 Å². The Morgan fingerprint density at radius 2 is 1.74 bits per heavy atom. The number of fused-ring (bicyclic) bond motifs is 2. The van der Waals surface area contributed by atoms with Gasteiger partial charge in [0, 0.05) is 23.5 Å². The number of hydrogen-bond donors (Lipinski definition) is 0. The third kappa shape index (κ3) is 3.77. The number of hydrogen-bond acceptors (Lipinski definition) is 6. The molecule has 2 aliphatic rings. The second-order valence-corrected chi connectivity index (χ2v) is 10.0. The zero-order valence-electron chi connectivity index (χ0n) is 18.4. The van der Waals surface area contributed by atoms with E-state index >= 15 is 0 Å². The lowest BCUT2D eigenvalue weighted by atomic mass is 10.2. The standard InChI is InChI=1S/C27H20N4OS2/c1-30-22-11-5-6-12-23(22)33-26(30)24-25(32)31(17-18-8-3-2-4-9-18)27(34-24)29-20-13-14-21-19(16-20)10-7-15-28-21/h2-16H,17H2,1H3. The summed E-state index contributed by atoms with van der Waals surface area (Å²) in [4.78, 5) is 28.8. The van der Waals surface area contributed by atoms with E-state index in [-0.39, 0.29) is 5.91 Å². The molecule has 2 aliphatic heterocycles. The van der Waals surface area contributed by atoms with E-state index in [0.29, 0.717) is 16.6 Å². The summed E-state index contributed by atoms with van der Waals surface area (Å²) < 4.78 is 0. The normalized spacial score (nSPS) is 18.9. The van der Waals surface area contributed by atoms with Crippen LogP contribution in [0.4, 0.5) is 11.4 Å². The molecule has 0 bridgehead atoms. The molecule has 0 radical (unpaired) electrons. The minimum atomic E-state index is -0.0165. The van der Waals surface area contributed by atoms with Gasteiger partial charge in [-0.25, -0.2) is 4.99 Å². The molecular formula is C27H20N4OS2. The van der Waals surface area contributed by atoms with E-state index in [4.69, 9.17) is 4.99 Å². The van der Waals surface area contributed by atoms with Gasteiger partial charge >= 0.3 is 0 Å². The Hall–Kier alpha value is -3.55. The number of benzene rings is 3. The second kappa shape index (κ2) is 8.66. The molecule has 3 aromatic carbocycles. The van der Waals surface area contributed by atoms with Crippen LogP contribution in [0.3, 0.4) is 0 Å². The van der Waals surface area contributed by atoms with E-state index in [2.05, 4.69) is 22.0 Å². The lowest BCUT2D eigenvalue weighted by molar-refractivity contribution is -0.122. The van der Waals surface area contributed by atoms with Gasteiger partial charge in [0.1, 0.15) is 4.91 Å². The number of aromatic nitrogens is 1. The molecule has 34 heavy (non-hydrogen) atoms. The van der Waals surface area contributed by atoms with Gasteiger partial charge in [-0.1, -0.05) is 60.3 Å². The molecule has 1 aromatic heterocycles. The Bertz CT molecular complexity index is 1480. The maximum Gasteiger partial charge on any atom is 0.269 e. The van der Waals surface area contributed by atoms with Gasteiger partial charge in [0.25, 0.3) is 5.91 Å². The maximum absolute atomic E-state index is 13.7. The molecule has 0 atom stereocenters. The van der Waals surface area contributed by atoms with Crippen LogP contribution in [0.2, 0.25) is 0 Å². The van der Waals surface area contributed by atoms with Crippen molar-refractivity contribution in [3.8, 4) is 0 Å². The van der Waals surface area contributed by atoms with Crippen molar-refractivity contribution in [2.24, 2.45) is 4.99 Å². The number of amides is 1. The van der Waals surface area contributed by atoms with Gasteiger partial charge in [-0.15, -0.1) is 0 Å². The van der Waals surface area contributed by atoms with Crippen LogP contribution < -0.4 is 4.90 Å². The lowest BCUT2D eigenvalue weighted by Crippen LogP contribution is -2.29. The van der Waals surface area contributed by atoms with Gasteiger partial charge in [-0.3, -0.25) is 14.7 Å². The van der Waals surface area contributed by atoms with Crippen LogP contribution in [-0.4, -0.2) is 28.0 Å². The number of carbonyl (C=O) groups is 1. The van der Waals surface area contributed by atoms with Crippen molar-refractivity contribution in [2.75, 3.05) is 11.9 Å². The van der Waals surface area contributed by atoms with E-state index in [1.807, 2.05) is 79.8 Å². The van der Waals surface area contributed by atoms with Gasteiger partial charge in [0.2, 0.25) is 0 Å². The quantitative estimate of drug-likeness (QED) is 0.317. The first-order chi connectivity index (χ1) is 16.7. The number of nitrogens with zero attached hydrogens (tertiary/aromatic N) is 4. The molecule has 0 N–H and O–H groups in total. The SMILES string of the molecule is CN1C(=C2SC(=Nc3ccc4ncccc4c3)N(Cc3ccccc3)C2=O)Sc2ccccc21. The van der Waals surface area contributed by atoms with Crippen LogP contribution in [0.1, 0.15) is 5.56 Å². The fraction of sp³-hybridized carbons (Fsp3) is 0.0741. The maximum atomic E-state index is 13.7. The highest BCUT2D eigenvalue weighted by molar-refractivity contribution is 8.19. The first-order valence-electron chi connectivity index (χ1n) is 10.9. The number of anilines is 1. The van der Waals surface area contributed by atoms with E-state index < -0.39 is 0 Å². The molecule has 4 aromatic rings. The Labute approximate surface area is 206 Å². The predicted octanol–water partition coefficient (Wildman–Crippen LogP) is 6.41. The number of aliphatic imine (C=N–C) groups is 1. The zero-order chi connectivity index (χ0) is 23.1. The van der Waals surface area contributed by atoms with Gasteiger partial charge in [0.15, 0.2) is 5.17 Å². The molecule has 0 aliphatic carbocycles. The molecule has 166 valence electrons. The van der Waals surface area contributed by atoms with E-state index in [0.717, 1.165) is 37.8 Å². The second-order valence-electron chi connectivity index (χ2n) is 8.02. The summed E-state index contributed by atoms with van der Waals surface area (Å²) in [6, 6.07) is 28.1. The number of carbonyl (C=O) groups excluding carboxylic acids is 1. The van der Waals surface area contributed by atoms with Crippen LogP contribution in [0.5, 0.6) is 0 Å². The van der Waals surface area contributed by atoms with Crippen LogP contribution >= 0.6 is 23.5 Å². The molecule has 1 fully saturated rings. The molecule has 6 rings (SSSR count). The highest BCUT2D eigenvalue weighted by Crippen LogP contribution is 2.50. The largest absolute Gasteiger partial charge is 0.337 e. The molecule has 0 spiro atoms. The minimum Gasteiger partial charge on any atom is -0.337 e. The first-order valence-corrected chi connectivity index (χ1v) is 12.5. The van der Waals surface area contributed by atoms with Gasteiger partial charge in [-0.05, 0) is 53.7 Å². The third-order valence-electron chi connectivity index (χ3n) is 5.79. The molecule has 5 nitrogen and oxygen atoms in total. The van der Waals surface area contributed by atoms with Crippen molar-refractivity contribution >= 4 is 56.9 Å². The lowest BCUT2D eigenvalue weighted by Gasteiger charge is -2.17. The molecular weight excluding hydrogens is 460 g/mol. The highest BCUT2D eigenvalue weighted by Gasteiger charge is 2.39.